The van der Waals surface area contributed by atoms with E-state index in [1.807, 2.05) is 0 Å². The van der Waals surface area contributed by atoms with Gasteiger partial charge in [0.2, 0.25) is 0 Å². The van der Waals surface area contributed by atoms with Gasteiger partial charge in [-0.2, -0.15) is 0 Å². The monoisotopic (exact) mass is 183 g/mol. The van der Waals surface area contributed by atoms with Gasteiger partial charge in [-0.25, -0.2) is 9.23 Å². The van der Waals surface area contributed by atoms with Crippen molar-refractivity contribution in [1.82, 2.24) is 4.84 Å². The highest BCUT2D eigenvalue weighted by Crippen LogP contribution is 2.28. The van der Waals surface area contributed by atoms with Crippen molar-refractivity contribution in [2.45, 2.75) is 24.7 Å². The van der Waals surface area contributed by atoms with Gasteiger partial charge in [0.25, 0.3) is 0 Å². The Kier molecular flexibility index (Phi) is 3.06. The van der Waals surface area contributed by atoms with E-state index in [1.54, 1.807) is 0 Å². The van der Waals surface area contributed by atoms with E-state index in [0.29, 0.717) is 6.42 Å². The summed E-state index contributed by atoms with van der Waals surface area (Å²) in [6.07, 6.45) is -2.08. The van der Waals surface area contributed by atoms with E-state index >= 15 is 0 Å². The van der Waals surface area contributed by atoms with Crippen LogP contribution in [0.25, 0.3) is 0 Å². The maximum Gasteiger partial charge on any atom is 0.143 e. The largest absolute Gasteiger partial charge is 0.396 e. The van der Waals surface area contributed by atoms with E-state index in [1.165, 1.54) is 0 Å². The first-order chi connectivity index (χ1) is 5.20. The second-order valence-corrected chi connectivity index (χ2v) is 3.05. The first kappa shape index (κ1) is 9.19. The van der Waals surface area contributed by atoms with Gasteiger partial charge >= 0.3 is 0 Å². The zero-order valence-electron chi connectivity index (χ0n) is 5.87. The minimum absolute atomic E-state index is 0.198. The summed E-state index contributed by atoms with van der Waals surface area (Å²) in [7, 11) is 0. The second kappa shape index (κ2) is 3.67. The molecule has 0 heterocycles. The van der Waals surface area contributed by atoms with E-state index in [9.17, 15) is 4.39 Å². The molecule has 0 unspecified atom stereocenters. The average Bonchev–Trinajstić information content (AvgIpc) is 2.30. The van der Waals surface area contributed by atoms with Crippen LogP contribution in [0.15, 0.2) is 0 Å². The van der Waals surface area contributed by atoms with Crippen LogP contribution < -0.4 is 4.84 Å². The number of aliphatic hydroxyl groups excluding tert-OH is 2. The summed E-state index contributed by atoms with van der Waals surface area (Å²) in [5, 5.41) is 17.8. The Morgan fingerprint density at radius 2 is 2.27 bits per heavy atom. The third-order valence-corrected chi connectivity index (χ3v) is 2.41. The molecule has 1 rings (SSSR count). The number of halogens is 2. The van der Waals surface area contributed by atoms with Gasteiger partial charge in [-0.05, 0) is 18.2 Å². The lowest BCUT2D eigenvalue weighted by molar-refractivity contribution is 0.0430. The Hall–Kier alpha value is 0.1000. The van der Waals surface area contributed by atoms with Gasteiger partial charge in [-0.3, -0.25) is 0 Å². The van der Waals surface area contributed by atoms with E-state index < -0.39 is 18.3 Å². The molecule has 4 atom stereocenters. The summed E-state index contributed by atoms with van der Waals surface area (Å²) in [5.41, 5.74) is 0. The topological polar surface area (TPSA) is 52.5 Å². The first-order valence-corrected chi connectivity index (χ1v) is 3.87. The maximum atomic E-state index is 12.9. The molecule has 1 saturated carbocycles. The van der Waals surface area contributed by atoms with E-state index in [-0.39, 0.29) is 12.5 Å². The van der Waals surface area contributed by atoms with Crippen LogP contribution in [-0.4, -0.2) is 35.1 Å². The predicted molar refractivity (Wildman–Crippen MR) is 38.9 cm³/mol. The van der Waals surface area contributed by atoms with E-state index in [2.05, 4.69) is 4.84 Å². The van der Waals surface area contributed by atoms with Crippen LogP contribution in [0.2, 0.25) is 0 Å². The molecule has 1 aliphatic rings. The number of hydrogen-bond donors (Lipinski definition) is 3. The molecule has 66 valence electrons. The summed E-state index contributed by atoms with van der Waals surface area (Å²) < 4.78 is 12.9. The minimum atomic E-state index is -1.37. The lowest BCUT2D eigenvalue weighted by Crippen LogP contribution is -2.32. The molecule has 3 nitrogen and oxygen atoms in total. The summed E-state index contributed by atoms with van der Waals surface area (Å²) in [6, 6.07) is -0.538. The van der Waals surface area contributed by atoms with Crippen molar-refractivity contribution in [2.75, 3.05) is 6.61 Å². The molecule has 0 bridgehead atoms. The molecule has 5 heteroatoms. The van der Waals surface area contributed by atoms with Gasteiger partial charge in [-0.15, -0.1) is 0 Å². The lowest BCUT2D eigenvalue weighted by Gasteiger charge is -2.11. The molecule has 3 N–H and O–H groups in total. The molecule has 0 radical (unpaired) electrons. The molecule has 1 fully saturated rings. The number of rotatable bonds is 2. The van der Waals surface area contributed by atoms with Crippen molar-refractivity contribution >= 4 is 11.8 Å². The average molecular weight is 184 g/mol. The van der Waals surface area contributed by atoms with Crippen LogP contribution in [0.5, 0.6) is 0 Å². The SMILES string of the molecule is OC[C@H]1C[C@@H](NCl)[C@H](F)[C@@H]1O. The van der Waals surface area contributed by atoms with Gasteiger partial charge in [0.1, 0.15) is 6.17 Å². The van der Waals surface area contributed by atoms with Crippen LogP contribution in [-0.2, 0) is 0 Å². The molecule has 0 aromatic carbocycles. The van der Waals surface area contributed by atoms with Crippen LogP contribution in [0.4, 0.5) is 4.39 Å². The Balaban J connectivity index is 2.53. The highest BCUT2D eigenvalue weighted by Gasteiger charge is 2.42. The highest BCUT2D eigenvalue weighted by atomic mass is 35.5. The fraction of sp³-hybridized carbons (Fsp3) is 1.00. The normalized spacial score (nSPS) is 44.7. The lowest BCUT2D eigenvalue weighted by atomic mass is 10.1. The van der Waals surface area contributed by atoms with Gasteiger partial charge in [-0.1, -0.05) is 0 Å². The third-order valence-electron chi connectivity index (χ3n) is 2.12. The Labute approximate surface area is 69.3 Å². The Bertz CT molecular complexity index is 120. The molecule has 1 aliphatic carbocycles. The molecule has 0 aliphatic heterocycles. The summed E-state index contributed by atoms with van der Waals surface area (Å²) in [5.74, 6) is -0.388. The maximum absolute atomic E-state index is 12.9. The van der Waals surface area contributed by atoms with Crippen molar-refractivity contribution in [1.29, 1.82) is 0 Å². The van der Waals surface area contributed by atoms with Crippen LogP contribution in [0.1, 0.15) is 6.42 Å². The zero-order chi connectivity index (χ0) is 8.43. The Morgan fingerprint density at radius 1 is 1.64 bits per heavy atom. The number of aliphatic hydroxyl groups is 2. The molecule has 0 aromatic heterocycles. The van der Waals surface area contributed by atoms with Crippen molar-refractivity contribution in [2.24, 2.45) is 5.92 Å². The van der Waals surface area contributed by atoms with E-state index in [0.717, 1.165) is 0 Å². The molecule has 0 spiro atoms. The fourth-order valence-corrected chi connectivity index (χ4v) is 1.59. The van der Waals surface area contributed by atoms with Crippen molar-refractivity contribution in [3.05, 3.63) is 0 Å². The molecule has 0 amide bonds. The molecule has 11 heavy (non-hydrogen) atoms. The molecular formula is C6H11ClFNO2. The van der Waals surface area contributed by atoms with E-state index in [4.69, 9.17) is 22.0 Å². The molecule has 0 saturated heterocycles. The number of hydrogen-bond acceptors (Lipinski definition) is 3. The molecular weight excluding hydrogens is 173 g/mol. The minimum Gasteiger partial charge on any atom is -0.396 e. The smallest absolute Gasteiger partial charge is 0.143 e. The first-order valence-electron chi connectivity index (χ1n) is 3.50. The van der Waals surface area contributed by atoms with Gasteiger partial charge in [0, 0.05) is 12.5 Å². The number of nitrogens with one attached hydrogen (secondary N) is 1. The van der Waals surface area contributed by atoms with Gasteiger partial charge in [0.15, 0.2) is 0 Å². The number of alkyl halides is 1. The molecule has 0 aromatic rings. The standard InChI is InChI=1S/C6H11ClFNO2/c7-9-4-1-3(2-10)6(11)5(4)8/h3-6,9-11H,1-2H2/t3-,4-,5+,6-/m1/s1. The quantitative estimate of drug-likeness (QED) is 0.521. The van der Waals surface area contributed by atoms with Gasteiger partial charge < -0.3 is 10.2 Å². The fourth-order valence-electron chi connectivity index (χ4n) is 1.38. The highest BCUT2D eigenvalue weighted by molar-refractivity contribution is 6.13. The van der Waals surface area contributed by atoms with Crippen LogP contribution >= 0.6 is 11.8 Å². The van der Waals surface area contributed by atoms with Crippen molar-refractivity contribution in [3.63, 3.8) is 0 Å². The summed E-state index contributed by atoms with van der Waals surface area (Å²) >= 11 is 5.21. The van der Waals surface area contributed by atoms with Gasteiger partial charge in [0.05, 0.1) is 12.1 Å². The van der Waals surface area contributed by atoms with Crippen LogP contribution in [0.3, 0.4) is 0 Å². The predicted octanol–water partition coefficient (Wildman–Crippen LogP) is -0.190. The van der Waals surface area contributed by atoms with Crippen LogP contribution in [0, 0.1) is 5.92 Å². The summed E-state index contributed by atoms with van der Waals surface area (Å²) in [4.78, 5) is 2.23. The Morgan fingerprint density at radius 3 is 2.55 bits per heavy atom. The second-order valence-electron chi connectivity index (χ2n) is 2.83. The van der Waals surface area contributed by atoms with Crippen molar-refractivity contribution < 1.29 is 14.6 Å². The summed E-state index contributed by atoms with van der Waals surface area (Å²) in [6.45, 7) is -0.198. The third kappa shape index (κ3) is 1.64. The van der Waals surface area contributed by atoms with Crippen molar-refractivity contribution in [3.8, 4) is 0 Å². The zero-order valence-corrected chi connectivity index (χ0v) is 6.63.